The topological polar surface area (TPSA) is 82.6 Å². The Morgan fingerprint density at radius 3 is 2.14 bits per heavy atom. The maximum absolute atomic E-state index is 12.0. The lowest BCUT2D eigenvalue weighted by atomic mass is 10.0. The number of guanidine groups is 1. The van der Waals surface area contributed by atoms with Crippen molar-refractivity contribution in [3.8, 4) is 0 Å². The lowest BCUT2D eigenvalue weighted by molar-refractivity contribution is 0.489. The highest BCUT2D eigenvalue weighted by Gasteiger charge is 2.12. The zero-order valence-electron chi connectivity index (χ0n) is 18.2. The number of rotatable bonds is 11. The van der Waals surface area contributed by atoms with Gasteiger partial charge in [-0.25, -0.2) is 18.1 Å². The monoisotopic (exact) mass is 410 g/mol. The Bertz CT molecular complexity index is 698. The van der Waals surface area contributed by atoms with Crippen LogP contribution in [0.4, 0.5) is 0 Å². The number of benzene rings is 1. The van der Waals surface area contributed by atoms with E-state index < -0.39 is 10.0 Å². The summed E-state index contributed by atoms with van der Waals surface area (Å²) in [7, 11) is -3.30. The number of hydrogen-bond donors (Lipinski definition) is 3. The fraction of sp³-hybridized carbons (Fsp3) is 0.667. The molecule has 0 saturated heterocycles. The average molecular weight is 411 g/mol. The van der Waals surface area contributed by atoms with E-state index in [0.29, 0.717) is 18.5 Å². The fourth-order valence-electron chi connectivity index (χ4n) is 2.74. The molecule has 0 fully saturated rings. The first-order valence-corrected chi connectivity index (χ1v) is 11.9. The van der Waals surface area contributed by atoms with Crippen LogP contribution in [0.5, 0.6) is 0 Å². The molecule has 1 rings (SSSR count). The summed E-state index contributed by atoms with van der Waals surface area (Å²) in [5.41, 5.74) is 1.82. The molecule has 0 heterocycles. The van der Waals surface area contributed by atoms with E-state index in [1.54, 1.807) is 0 Å². The Hall–Kier alpha value is -1.60. The summed E-state index contributed by atoms with van der Waals surface area (Å²) in [4.78, 5) is 4.66. The predicted molar refractivity (Wildman–Crippen MR) is 119 cm³/mol. The van der Waals surface area contributed by atoms with Gasteiger partial charge in [0.1, 0.15) is 0 Å². The minimum Gasteiger partial charge on any atom is -0.357 e. The van der Waals surface area contributed by atoms with Crippen LogP contribution in [-0.4, -0.2) is 33.0 Å². The summed E-state index contributed by atoms with van der Waals surface area (Å²) in [5, 5.41) is 6.74. The fourth-order valence-corrected chi connectivity index (χ4v) is 4.17. The van der Waals surface area contributed by atoms with Crippen molar-refractivity contribution in [3.05, 3.63) is 35.4 Å². The number of nitrogens with one attached hydrogen (secondary N) is 3. The van der Waals surface area contributed by atoms with Gasteiger partial charge in [0.2, 0.25) is 10.0 Å². The zero-order valence-corrected chi connectivity index (χ0v) is 19.1. The average Bonchev–Trinajstić information content (AvgIpc) is 2.58. The Balaban J connectivity index is 2.67. The molecule has 1 unspecified atom stereocenters. The van der Waals surface area contributed by atoms with Crippen LogP contribution in [0, 0.1) is 5.92 Å². The predicted octanol–water partition coefficient (Wildman–Crippen LogP) is 3.39. The van der Waals surface area contributed by atoms with Crippen molar-refractivity contribution in [1.82, 2.24) is 15.4 Å². The van der Waals surface area contributed by atoms with Gasteiger partial charge < -0.3 is 10.6 Å². The van der Waals surface area contributed by atoms with Crippen molar-refractivity contribution in [1.29, 1.82) is 0 Å². The van der Waals surface area contributed by atoms with Crippen molar-refractivity contribution < 1.29 is 8.42 Å². The van der Waals surface area contributed by atoms with Crippen LogP contribution in [0.3, 0.4) is 0 Å². The van der Waals surface area contributed by atoms with Crippen LogP contribution < -0.4 is 15.4 Å². The second-order valence-electron chi connectivity index (χ2n) is 8.06. The van der Waals surface area contributed by atoms with Gasteiger partial charge in [-0.3, -0.25) is 0 Å². The third-order valence-electron chi connectivity index (χ3n) is 4.12. The molecule has 6 nitrogen and oxygen atoms in total. The highest BCUT2D eigenvalue weighted by atomic mass is 32.2. The van der Waals surface area contributed by atoms with Crippen LogP contribution in [0.15, 0.2) is 29.3 Å². The molecule has 1 atom stereocenters. The van der Waals surface area contributed by atoms with E-state index in [0.717, 1.165) is 30.1 Å². The van der Waals surface area contributed by atoms with Gasteiger partial charge in [-0.15, -0.1) is 0 Å². The number of nitrogens with zero attached hydrogens (tertiary/aromatic N) is 1. The highest BCUT2D eigenvalue weighted by molar-refractivity contribution is 7.88. The molecular weight excluding hydrogens is 372 g/mol. The summed E-state index contributed by atoms with van der Waals surface area (Å²) >= 11 is 0. The molecule has 0 saturated carbocycles. The van der Waals surface area contributed by atoms with Gasteiger partial charge in [-0.1, -0.05) is 38.1 Å². The molecule has 0 spiro atoms. The molecule has 28 heavy (non-hydrogen) atoms. The molecule has 0 radical (unpaired) electrons. The minimum absolute atomic E-state index is 0.00765. The second-order valence-corrected chi connectivity index (χ2v) is 9.81. The van der Waals surface area contributed by atoms with Crippen LogP contribution in [0.2, 0.25) is 0 Å². The first-order chi connectivity index (χ1) is 13.1. The maximum Gasteiger partial charge on any atom is 0.216 e. The molecule has 0 aliphatic carbocycles. The van der Waals surface area contributed by atoms with Crippen LogP contribution in [0.1, 0.15) is 65.5 Å². The largest absolute Gasteiger partial charge is 0.357 e. The second kappa shape index (κ2) is 12.1. The Kier molecular flexibility index (Phi) is 10.5. The van der Waals surface area contributed by atoms with Crippen molar-refractivity contribution in [3.63, 3.8) is 0 Å². The normalized spacial score (nSPS) is 13.8. The lowest BCUT2D eigenvalue weighted by Gasteiger charge is -2.18. The summed E-state index contributed by atoms with van der Waals surface area (Å²) < 4.78 is 26.7. The molecular formula is C21H38N4O2S. The molecule has 1 aromatic rings. The van der Waals surface area contributed by atoms with E-state index in [9.17, 15) is 8.42 Å². The molecule has 0 aliphatic rings. The minimum atomic E-state index is -3.30. The van der Waals surface area contributed by atoms with Gasteiger partial charge in [-0.2, -0.15) is 0 Å². The van der Waals surface area contributed by atoms with Crippen LogP contribution in [0.25, 0.3) is 0 Å². The first-order valence-electron chi connectivity index (χ1n) is 10.2. The third kappa shape index (κ3) is 10.7. The number of sulfonamides is 1. The van der Waals surface area contributed by atoms with Gasteiger partial charge in [0.25, 0.3) is 0 Å². The van der Waals surface area contributed by atoms with E-state index in [2.05, 4.69) is 48.0 Å². The molecule has 0 aromatic heterocycles. The Labute approximate surface area is 171 Å². The van der Waals surface area contributed by atoms with E-state index in [1.165, 1.54) is 6.42 Å². The molecule has 0 amide bonds. The summed E-state index contributed by atoms with van der Waals surface area (Å²) in [6.07, 6.45) is 2.29. The van der Waals surface area contributed by atoms with Crippen molar-refractivity contribution >= 4 is 16.0 Å². The zero-order chi connectivity index (χ0) is 21.2. The standard InChI is InChI=1S/C21H38N4O2S/c1-7-22-21(24-18(6)9-8-16(2)3)23-14-19-10-12-20(13-11-19)15-28(26,27)25-17(4)5/h10-13,16-18,25H,7-9,14-15H2,1-6H3,(H2,22,23,24). The highest BCUT2D eigenvalue weighted by Crippen LogP contribution is 2.10. The van der Waals surface area contributed by atoms with E-state index in [1.807, 2.05) is 38.1 Å². The van der Waals surface area contributed by atoms with Crippen molar-refractivity contribution in [2.75, 3.05) is 6.54 Å². The molecule has 7 heteroatoms. The Morgan fingerprint density at radius 1 is 1.00 bits per heavy atom. The van der Waals surface area contributed by atoms with Gasteiger partial charge in [0.05, 0.1) is 12.3 Å². The number of hydrogen-bond acceptors (Lipinski definition) is 3. The quantitative estimate of drug-likeness (QED) is 0.386. The van der Waals surface area contributed by atoms with E-state index in [-0.39, 0.29) is 11.8 Å². The molecule has 160 valence electrons. The maximum atomic E-state index is 12.0. The van der Waals surface area contributed by atoms with Crippen LogP contribution in [-0.2, 0) is 22.3 Å². The van der Waals surface area contributed by atoms with Gasteiger partial charge in [-0.05, 0) is 57.6 Å². The SMILES string of the molecule is CCNC(=NCc1ccc(CS(=O)(=O)NC(C)C)cc1)NC(C)CCC(C)C. The summed E-state index contributed by atoms with van der Waals surface area (Å²) in [6, 6.07) is 7.86. The first kappa shape index (κ1) is 24.4. The summed E-state index contributed by atoms with van der Waals surface area (Å²) in [5.74, 6) is 1.50. The van der Waals surface area contributed by atoms with E-state index >= 15 is 0 Å². The van der Waals surface area contributed by atoms with E-state index in [4.69, 9.17) is 0 Å². The van der Waals surface area contributed by atoms with Crippen molar-refractivity contribution in [2.24, 2.45) is 10.9 Å². The number of aliphatic imine (C=N–C) groups is 1. The molecule has 0 bridgehead atoms. The van der Waals surface area contributed by atoms with Crippen molar-refractivity contribution in [2.45, 2.75) is 78.8 Å². The summed E-state index contributed by atoms with van der Waals surface area (Å²) in [6.45, 7) is 13.7. The van der Waals surface area contributed by atoms with Gasteiger partial charge in [0, 0.05) is 18.6 Å². The van der Waals surface area contributed by atoms with Gasteiger partial charge >= 0.3 is 0 Å². The van der Waals surface area contributed by atoms with Gasteiger partial charge in [0.15, 0.2) is 5.96 Å². The molecule has 3 N–H and O–H groups in total. The molecule has 0 aliphatic heterocycles. The van der Waals surface area contributed by atoms with Crippen LogP contribution >= 0.6 is 0 Å². The Morgan fingerprint density at radius 2 is 1.61 bits per heavy atom. The lowest BCUT2D eigenvalue weighted by Crippen LogP contribution is -2.42. The molecule has 1 aromatic carbocycles. The third-order valence-corrected chi connectivity index (χ3v) is 5.66. The smallest absolute Gasteiger partial charge is 0.216 e.